The van der Waals surface area contributed by atoms with Crippen molar-refractivity contribution in [1.82, 2.24) is 9.78 Å². The summed E-state index contributed by atoms with van der Waals surface area (Å²) in [5.41, 5.74) is 2.43. The Kier molecular flexibility index (Phi) is 4.10. The van der Waals surface area contributed by atoms with Crippen LogP contribution in [0, 0.1) is 5.82 Å². The van der Waals surface area contributed by atoms with Crippen molar-refractivity contribution in [2.24, 2.45) is 0 Å². The summed E-state index contributed by atoms with van der Waals surface area (Å²) in [6.07, 6.45) is 1.15. The van der Waals surface area contributed by atoms with Crippen LogP contribution in [0.5, 0.6) is 0 Å². The van der Waals surface area contributed by atoms with Gasteiger partial charge in [-0.3, -0.25) is 9.48 Å². The van der Waals surface area contributed by atoms with Gasteiger partial charge in [-0.1, -0.05) is 6.92 Å². The van der Waals surface area contributed by atoms with Crippen LogP contribution in [0.1, 0.15) is 35.6 Å². The first-order chi connectivity index (χ1) is 9.13. The lowest BCUT2D eigenvalue weighted by atomic mass is 10.1. The molecule has 1 aromatic carbocycles. The van der Waals surface area contributed by atoms with Crippen LogP contribution in [-0.4, -0.2) is 15.6 Å². The highest BCUT2D eigenvalue weighted by molar-refractivity contribution is 5.97. The molecule has 0 aliphatic carbocycles. The molecular formula is C15H17FN2O. The highest BCUT2D eigenvalue weighted by Crippen LogP contribution is 2.11. The Labute approximate surface area is 112 Å². The van der Waals surface area contributed by atoms with E-state index in [2.05, 4.69) is 5.10 Å². The quantitative estimate of drug-likeness (QED) is 0.774. The molecule has 100 valence electrons. The molecule has 0 spiro atoms. The molecule has 2 rings (SSSR count). The van der Waals surface area contributed by atoms with Gasteiger partial charge in [-0.15, -0.1) is 0 Å². The van der Waals surface area contributed by atoms with Crippen LogP contribution >= 0.6 is 0 Å². The lowest BCUT2D eigenvalue weighted by Gasteiger charge is -2.04. The van der Waals surface area contributed by atoms with Gasteiger partial charge in [0.1, 0.15) is 5.82 Å². The van der Waals surface area contributed by atoms with Crippen LogP contribution in [0.3, 0.4) is 0 Å². The Balaban J connectivity index is 2.18. The van der Waals surface area contributed by atoms with E-state index in [9.17, 15) is 9.18 Å². The molecule has 0 saturated carbocycles. The van der Waals surface area contributed by atoms with Crippen LogP contribution in [0.2, 0.25) is 0 Å². The van der Waals surface area contributed by atoms with Crippen LogP contribution in [0.4, 0.5) is 4.39 Å². The Morgan fingerprint density at radius 1 is 1.26 bits per heavy atom. The fourth-order valence-electron chi connectivity index (χ4n) is 2.01. The third-order valence-corrected chi connectivity index (χ3v) is 3.08. The number of hydrogen-bond acceptors (Lipinski definition) is 2. The van der Waals surface area contributed by atoms with E-state index in [0.717, 1.165) is 24.4 Å². The third-order valence-electron chi connectivity index (χ3n) is 3.08. The summed E-state index contributed by atoms with van der Waals surface area (Å²) in [6, 6.07) is 7.62. The number of benzene rings is 1. The van der Waals surface area contributed by atoms with Gasteiger partial charge >= 0.3 is 0 Å². The number of rotatable bonds is 5. The summed E-state index contributed by atoms with van der Waals surface area (Å²) in [7, 11) is 0. The van der Waals surface area contributed by atoms with Crippen LogP contribution < -0.4 is 0 Å². The molecule has 0 aliphatic heterocycles. The van der Waals surface area contributed by atoms with Gasteiger partial charge in [0.25, 0.3) is 0 Å². The van der Waals surface area contributed by atoms with Crippen molar-refractivity contribution in [3.63, 3.8) is 0 Å². The maximum absolute atomic E-state index is 12.8. The van der Waals surface area contributed by atoms with Crippen molar-refractivity contribution in [3.05, 3.63) is 53.1 Å². The Morgan fingerprint density at radius 2 is 1.95 bits per heavy atom. The van der Waals surface area contributed by atoms with E-state index in [0.29, 0.717) is 12.0 Å². The molecule has 0 saturated heterocycles. The minimum Gasteiger partial charge on any atom is -0.294 e. The number of aryl methyl sites for hydroxylation is 2. The van der Waals surface area contributed by atoms with Crippen LogP contribution in [0.15, 0.2) is 30.3 Å². The van der Waals surface area contributed by atoms with E-state index in [1.807, 2.05) is 24.6 Å². The molecule has 0 N–H and O–H groups in total. The van der Waals surface area contributed by atoms with Gasteiger partial charge in [0.15, 0.2) is 5.78 Å². The zero-order chi connectivity index (χ0) is 13.8. The zero-order valence-electron chi connectivity index (χ0n) is 11.2. The number of hydrogen-bond donors (Lipinski definition) is 0. The minimum atomic E-state index is -0.330. The molecule has 0 atom stereocenters. The van der Waals surface area contributed by atoms with Crippen LogP contribution in [-0.2, 0) is 19.4 Å². The first-order valence-corrected chi connectivity index (χ1v) is 6.48. The summed E-state index contributed by atoms with van der Waals surface area (Å²) in [5.74, 6) is -0.347. The Morgan fingerprint density at radius 3 is 2.53 bits per heavy atom. The predicted octanol–water partition coefficient (Wildman–Crippen LogP) is 3.03. The molecule has 19 heavy (non-hydrogen) atoms. The summed E-state index contributed by atoms with van der Waals surface area (Å²) in [5, 5.41) is 4.41. The van der Waals surface area contributed by atoms with Gasteiger partial charge in [-0.05, 0) is 43.7 Å². The summed E-state index contributed by atoms with van der Waals surface area (Å²) in [4.78, 5) is 12.1. The molecule has 2 aromatic rings. The maximum Gasteiger partial charge on any atom is 0.168 e. The molecule has 0 radical (unpaired) electrons. The first kappa shape index (κ1) is 13.5. The van der Waals surface area contributed by atoms with E-state index >= 15 is 0 Å². The smallest absolute Gasteiger partial charge is 0.168 e. The van der Waals surface area contributed by atoms with Gasteiger partial charge in [0, 0.05) is 17.8 Å². The molecule has 4 heteroatoms. The van der Waals surface area contributed by atoms with Crippen molar-refractivity contribution in [2.45, 2.75) is 33.2 Å². The molecule has 0 bridgehead atoms. The lowest BCUT2D eigenvalue weighted by Crippen LogP contribution is -2.09. The fraction of sp³-hybridized carbons (Fsp3) is 0.333. The number of nitrogens with zero attached hydrogens (tertiary/aromatic N) is 2. The molecular weight excluding hydrogens is 243 g/mol. The van der Waals surface area contributed by atoms with Crippen molar-refractivity contribution < 1.29 is 9.18 Å². The fourth-order valence-corrected chi connectivity index (χ4v) is 2.01. The highest BCUT2D eigenvalue weighted by atomic mass is 19.1. The average molecular weight is 260 g/mol. The second kappa shape index (κ2) is 5.78. The van der Waals surface area contributed by atoms with Crippen molar-refractivity contribution >= 4 is 5.78 Å². The molecule has 0 unspecified atom stereocenters. The van der Waals surface area contributed by atoms with Gasteiger partial charge in [0.05, 0.1) is 12.1 Å². The Hall–Kier alpha value is -1.97. The normalized spacial score (nSPS) is 10.7. The summed E-state index contributed by atoms with van der Waals surface area (Å²) >= 11 is 0. The van der Waals surface area contributed by atoms with Crippen molar-refractivity contribution in [2.75, 3.05) is 0 Å². The van der Waals surface area contributed by atoms with Gasteiger partial charge in [-0.2, -0.15) is 5.10 Å². The molecule has 1 heterocycles. The zero-order valence-corrected chi connectivity index (χ0v) is 11.2. The number of Topliss-reactive ketones (excluding diaryl/α,β-unsaturated/α-hetero) is 1. The summed E-state index contributed by atoms with van der Waals surface area (Å²) < 4.78 is 14.7. The highest BCUT2D eigenvalue weighted by Gasteiger charge is 2.12. The maximum atomic E-state index is 12.8. The monoisotopic (exact) mass is 260 g/mol. The van der Waals surface area contributed by atoms with E-state index in [-0.39, 0.29) is 11.6 Å². The van der Waals surface area contributed by atoms with Gasteiger partial charge in [-0.25, -0.2) is 4.39 Å². The standard InChI is InChI=1S/C15H17FN2O/c1-3-13-9-14(18(4-2)17-13)10-15(19)11-5-7-12(16)8-6-11/h5-9H,3-4,10H2,1-2H3. The van der Waals surface area contributed by atoms with Crippen LogP contribution in [0.25, 0.3) is 0 Å². The SMILES string of the molecule is CCc1cc(CC(=O)c2ccc(F)cc2)n(CC)n1. The average Bonchev–Trinajstić information content (AvgIpc) is 2.81. The van der Waals surface area contributed by atoms with E-state index in [1.165, 1.54) is 24.3 Å². The Bertz CT molecular complexity index is 572. The second-order valence-electron chi connectivity index (χ2n) is 4.40. The molecule has 1 aromatic heterocycles. The number of aromatic nitrogens is 2. The number of carbonyl (C=O) groups excluding carboxylic acids is 1. The summed E-state index contributed by atoms with van der Waals surface area (Å²) in [6.45, 7) is 4.78. The topological polar surface area (TPSA) is 34.9 Å². The number of ketones is 1. The van der Waals surface area contributed by atoms with E-state index in [1.54, 1.807) is 0 Å². The molecule has 0 fully saturated rings. The largest absolute Gasteiger partial charge is 0.294 e. The van der Waals surface area contributed by atoms with Gasteiger partial charge in [0.2, 0.25) is 0 Å². The minimum absolute atomic E-state index is 0.0164. The molecule has 3 nitrogen and oxygen atoms in total. The number of carbonyl (C=O) groups is 1. The van der Waals surface area contributed by atoms with Crippen molar-refractivity contribution in [1.29, 1.82) is 0 Å². The van der Waals surface area contributed by atoms with Crippen molar-refractivity contribution in [3.8, 4) is 0 Å². The van der Waals surface area contributed by atoms with Gasteiger partial charge < -0.3 is 0 Å². The predicted molar refractivity (Wildman–Crippen MR) is 71.7 cm³/mol. The molecule has 0 aliphatic rings. The van der Waals surface area contributed by atoms with E-state index < -0.39 is 0 Å². The van der Waals surface area contributed by atoms with E-state index in [4.69, 9.17) is 0 Å². The molecule has 0 amide bonds. The second-order valence-corrected chi connectivity index (χ2v) is 4.40. The third kappa shape index (κ3) is 3.08. The first-order valence-electron chi connectivity index (χ1n) is 6.48. The number of halogens is 1. The lowest BCUT2D eigenvalue weighted by molar-refractivity contribution is 0.0990.